The predicted octanol–water partition coefficient (Wildman–Crippen LogP) is 13.5. The molecule has 0 aliphatic rings. The molecule has 1 unspecified atom stereocenters. The van der Waals surface area contributed by atoms with Gasteiger partial charge in [0.05, 0.1) is 30.1 Å². The maximum Gasteiger partial charge on any atom is 0.311 e. The van der Waals surface area contributed by atoms with E-state index in [0.29, 0.717) is 19.1 Å². The number of ether oxygens (including phenoxy) is 2. The lowest BCUT2D eigenvalue weighted by atomic mass is 9.86. The monoisotopic (exact) mass is 695 g/mol. The predicted molar refractivity (Wildman–Crippen MR) is 210 cm³/mol. The van der Waals surface area contributed by atoms with E-state index in [9.17, 15) is 14.7 Å². The molecule has 0 aliphatic heterocycles. The van der Waals surface area contributed by atoms with E-state index in [1.165, 1.54) is 109 Å². The van der Waals surface area contributed by atoms with Crippen molar-refractivity contribution in [2.24, 2.45) is 16.7 Å². The first kappa shape index (κ1) is 47.9. The molecule has 0 heterocycles. The molecule has 0 aliphatic carbocycles. The highest BCUT2D eigenvalue weighted by molar-refractivity contribution is 5.76. The molecule has 1 N–H and O–H groups in total. The topological polar surface area (TPSA) is 72.8 Å². The molecule has 0 spiro atoms. The number of hydrogen-bond donors (Lipinski definition) is 1. The maximum absolute atomic E-state index is 13.1. The largest absolute Gasteiger partial charge is 0.465 e. The van der Waals surface area contributed by atoms with Crippen molar-refractivity contribution in [3.8, 4) is 0 Å². The van der Waals surface area contributed by atoms with E-state index < -0.39 is 10.8 Å². The molecule has 0 radical (unpaired) electrons. The van der Waals surface area contributed by atoms with Crippen molar-refractivity contribution in [3.63, 3.8) is 0 Å². The van der Waals surface area contributed by atoms with Crippen LogP contribution in [0.5, 0.6) is 0 Å². The fourth-order valence-corrected chi connectivity index (χ4v) is 6.79. The van der Waals surface area contributed by atoms with Gasteiger partial charge in [0.25, 0.3) is 0 Å². The van der Waals surface area contributed by atoms with Crippen molar-refractivity contribution in [2.45, 2.75) is 241 Å². The van der Waals surface area contributed by atoms with Crippen LogP contribution in [0, 0.1) is 16.7 Å². The van der Waals surface area contributed by atoms with Crippen molar-refractivity contribution in [1.82, 2.24) is 0 Å². The normalized spacial score (nSPS) is 12.8. The van der Waals surface area contributed by atoms with Gasteiger partial charge in [0, 0.05) is 0 Å². The van der Waals surface area contributed by atoms with Gasteiger partial charge in [0.1, 0.15) is 0 Å². The smallest absolute Gasteiger partial charge is 0.311 e. The lowest BCUT2D eigenvalue weighted by Gasteiger charge is -2.25. The second kappa shape index (κ2) is 31.6. The maximum atomic E-state index is 13.1. The quantitative estimate of drug-likeness (QED) is 0.0522. The van der Waals surface area contributed by atoms with Gasteiger partial charge in [0.2, 0.25) is 0 Å². The number of rotatable bonds is 36. The van der Waals surface area contributed by atoms with Crippen molar-refractivity contribution in [3.05, 3.63) is 0 Å². The summed E-state index contributed by atoms with van der Waals surface area (Å²) >= 11 is 0. The van der Waals surface area contributed by atoms with E-state index >= 15 is 0 Å². The van der Waals surface area contributed by atoms with Gasteiger partial charge in [-0.3, -0.25) is 9.59 Å². The molecular weight excluding hydrogens is 608 g/mol. The molecular formula is C44H86O5. The molecule has 5 heteroatoms. The van der Waals surface area contributed by atoms with E-state index in [1.807, 2.05) is 27.7 Å². The summed E-state index contributed by atoms with van der Waals surface area (Å²) in [6, 6.07) is 0. The highest BCUT2D eigenvalue weighted by Gasteiger charge is 2.30. The summed E-state index contributed by atoms with van der Waals surface area (Å²) in [5.74, 6) is 0.386. The number of aliphatic hydroxyl groups is 1. The minimum Gasteiger partial charge on any atom is -0.465 e. The lowest BCUT2D eigenvalue weighted by molar-refractivity contribution is -0.156. The van der Waals surface area contributed by atoms with Gasteiger partial charge < -0.3 is 14.6 Å². The van der Waals surface area contributed by atoms with Gasteiger partial charge in [-0.05, 0) is 78.6 Å². The lowest BCUT2D eigenvalue weighted by Crippen LogP contribution is -2.28. The molecule has 0 saturated carbocycles. The Morgan fingerprint density at radius 1 is 0.469 bits per heavy atom. The highest BCUT2D eigenvalue weighted by atomic mass is 16.5. The minimum absolute atomic E-state index is 0.0425. The minimum atomic E-state index is -0.459. The van der Waals surface area contributed by atoms with Crippen LogP contribution in [0.2, 0.25) is 0 Å². The summed E-state index contributed by atoms with van der Waals surface area (Å²) in [6.45, 7) is 15.9. The number of carbonyl (C=O) groups excluding carboxylic acids is 2. The third kappa shape index (κ3) is 28.2. The standard InChI is InChI=1S/C44H86O5/c1-8-11-14-17-18-21-30-37-48-41(46)43(4,5)35-28-22-26-33-40(45)34-27-23-29-36-44(6,7)42(47)49-38-39(31-24-19-15-12-9-2)32-25-20-16-13-10-3/h39-40,45H,8-38H2,1-7H3. The van der Waals surface area contributed by atoms with E-state index in [-0.39, 0.29) is 18.0 Å². The van der Waals surface area contributed by atoms with Gasteiger partial charge in [-0.15, -0.1) is 0 Å². The van der Waals surface area contributed by atoms with Gasteiger partial charge in [-0.25, -0.2) is 0 Å². The molecule has 49 heavy (non-hydrogen) atoms. The molecule has 292 valence electrons. The second-order valence-corrected chi connectivity index (χ2v) is 16.7. The van der Waals surface area contributed by atoms with E-state index in [2.05, 4.69) is 20.8 Å². The molecule has 0 bridgehead atoms. The Morgan fingerprint density at radius 2 is 0.816 bits per heavy atom. The zero-order chi connectivity index (χ0) is 36.6. The molecule has 0 saturated heterocycles. The van der Waals surface area contributed by atoms with Crippen LogP contribution in [-0.4, -0.2) is 36.4 Å². The molecule has 0 aromatic heterocycles. The number of carbonyl (C=O) groups is 2. The number of hydrogen-bond acceptors (Lipinski definition) is 5. The van der Waals surface area contributed by atoms with Gasteiger partial charge in [-0.2, -0.15) is 0 Å². The van der Waals surface area contributed by atoms with Crippen molar-refractivity contribution < 1.29 is 24.2 Å². The fraction of sp³-hybridized carbons (Fsp3) is 0.955. The van der Waals surface area contributed by atoms with Crippen LogP contribution in [0.4, 0.5) is 0 Å². The number of esters is 2. The SMILES string of the molecule is CCCCCCCCCOC(=O)C(C)(C)CCCCCC(O)CCCCCC(C)(C)C(=O)OCC(CCCCCCC)CCCCCCC. The molecule has 0 rings (SSSR count). The Bertz CT molecular complexity index is 746. The van der Waals surface area contributed by atoms with Crippen LogP contribution in [0.15, 0.2) is 0 Å². The van der Waals surface area contributed by atoms with Crippen LogP contribution >= 0.6 is 0 Å². The summed E-state index contributed by atoms with van der Waals surface area (Å²) in [6.07, 6.45) is 32.9. The first-order valence-electron chi connectivity index (χ1n) is 21.5. The van der Waals surface area contributed by atoms with E-state index in [0.717, 1.165) is 77.0 Å². The Hall–Kier alpha value is -1.10. The van der Waals surface area contributed by atoms with Crippen molar-refractivity contribution in [2.75, 3.05) is 13.2 Å². The first-order valence-corrected chi connectivity index (χ1v) is 21.5. The Kier molecular flexibility index (Phi) is 30.9. The van der Waals surface area contributed by atoms with Crippen LogP contribution in [0.3, 0.4) is 0 Å². The number of unbranched alkanes of at least 4 members (excludes halogenated alkanes) is 18. The van der Waals surface area contributed by atoms with Gasteiger partial charge in [0.15, 0.2) is 0 Å². The summed E-state index contributed by atoms with van der Waals surface area (Å²) in [5.41, 5.74) is -0.900. The molecule has 0 aromatic carbocycles. The Labute approximate surface area is 306 Å². The third-order valence-corrected chi connectivity index (χ3v) is 10.6. The van der Waals surface area contributed by atoms with Crippen molar-refractivity contribution >= 4 is 11.9 Å². The second-order valence-electron chi connectivity index (χ2n) is 16.7. The Morgan fingerprint density at radius 3 is 1.27 bits per heavy atom. The summed E-state index contributed by atoms with van der Waals surface area (Å²) in [5, 5.41) is 10.5. The van der Waals surface area contributed by atoms with Crippen LogP contribution < -0.4 is 0 Å². The molecule has 0 aromatic rings. The van der Waals surface area contributed by atoms with Crippen LogP contribution in [-0.2, 0) is 19.1 Å². The molecule has 1 atom stereocenters. The average molecular weight is 695 g/mol. The molecule has 5 nitrogen and oxygen atoms in total. The number of aliphatic hydroxyl groups excluding tert-OH is 1. The van der Waals surface area contributed by atoms with E-state index in [1.54, 1.807) is 0 Å². The van der Waals surface area contributed by atoms with Crippen molar-refractivity contribution in [1.29, 1.82) is 0 Å². The van der Waals surface area contributed by atoms with E-state index in [4.69, 9.17) is 9.47 Å². The highest BCUT2D eigenvalue weighted by Crippen LogP contribution is 2.29. The zero-order valence-corrected chi connectivity index (χ0v) is 34.2. The van der Waals surface area contributed by atoms with Gasteiger partial charge >= 0.3 is 11.9 Å². The molecule has 0 fully saturated rings. The average Bonchev–Trinajstić information content (AvgIpc) is 3.07. The molecule has 0 amide bonds. The Balaban J connectivity index is 4.14. The summed E-state index contributed by atoms with van der Waals surface area (Å²) in [4.78, 5) is 25.6. The zero-order valence-electron chi connectivity index (χ0n) is 34.2. The first-order chi connectivity index (χ1) is 23.5. The third-order valence-electron chi connectivity index (χ3n) is 10.6. The summed E-state index contributed by atoms with van der Waals surface area (Å²) < 4.78 is 11.5. The van der Waals surface area contributed by atoms with Gasteiger partial charge in [-0.1, -0.05) is 162 Å². The van der Waals surface area contributed by atoms with Crippen LogP contribution in [0.1, 0.15) is 235 Å². The summed E-state index contributed by atoms with van der Waals surface area (Å²) in [7, 11) is 0. The fourth-order valence-electron chi connectivity index (χ4n) is 6.79. The van der Waals surface area contributed by atoms with Crippen LogP contribution in [0.25, 0.3) is 0 Å².